The monoisotopic (exact) mass is 286 g/mol. The Bertz CT molecular complexity index is 308. The predicted octanol–water partition coefficient (Wildman–Crippen LogP) is 3.74. The number of hydrogen-bond acceptors (Lipinski definition) is 3. The van der Waals surface area contributed by atoms with Crippen molar-refractivity contribution < 1.29 is 19.4 Å². The SMILES string of the molecule is CC(C)COC(=O)C(CC(=O)O)(CC(C)C)CC(C)C. The summed E-state index contributed by atoms with van der Waals surface area (Å²) >= 11 is 0. The van der Waals surface area contributed by atoms with Crippen molar-refractivity contribution in [3.8, 4) is 0 Å². The zero-order valence-corrected chi connectivity index (χ0v) is 13.7. The molecule has 0 rings (SSSR count). The maximum absolute atomic E-state index is 12.5. The maximum Gasteiger partial charge on any atom is 0.312 e. The summed E-state index contributed by atoms with van der Waals surface area (Å²) < 4.78 is 5.37. The molecule has 1 N–H and O–H groups in total. The quantitative estimate of drug-likeness (QED) is 0.656. The molecule has 0 aromatic heterocycles. The highest BCUT2D eigenvalue weighted by Crippen LogP contribution is 2.38. The van der Waals surface area contributed by atoms with E-state index in [1.807, 2.05) is 41.5 Å². The Morgan fingerprint density at radius 3 is 1.70 bits per heavy atom. The molecule has 0 radical (unpaired) electrons. The van der Waals surface area contributed by atoms with Crippen LogP contribution in [-0.4, -0.2) is 23.7 Å². The number of hydrogen-bond donors (Lipinski definition) is 1. The molecule has 20 heavy (non-hydrogen) atoms. The van der Waals surface area contributed by atoms with Crippen molar-refractivity contribution in [2.45, 2.75) is 60.8 Å². The largest absolute Gasteiger partial charge is 0.481 e. The van der Waals surface area contributed by atoms with Gasteiger partial charge in [0, 0.05) is 0 Å². The van der Waals surface area contributed by atoms with Crippen LogP contribution in [-0.2, 0) is 14.3 Å². The molecule has 0 unspecified atom stereocenters. The van der Waals surface area contributed by atoms with Gasteiger partial charge in [0.2, 0.25) is 0 Å². The van der Waals surface area contributed by atoms with E-state index in [9.17, 15) is 14.7 Å². The smallest absolute Gasteiger partial charge is 0.312 e. The Morgan fingerprint density at radius 1 is 0.950 bits per heavy atom. The average molecular weight is 286 g/mol. The Labute approximate surface area is 122 Å². The van der Waals surface area contributed by atoms with Crippen molar-refractivity contribution in [3.63, 3.8) is 0 Å². The standard InChI is InChI=1S/C16H30O4/c1-11(2)7-16(8-12(3)4,9-14(17)18)15(19)20-10-13(5)6/h11-13H,7-10H2,1-6H3,(H,17,18). The topological polar surface area (TPSA) is 63.6 Å². The highest BCUT2D eigenvalue weighted by Gasteiger charge is 2.43. The summed E-state index contributed by atoms with van der Waals surface area (Å²) in [4.78, 5) is 23.7. The molecule has 0 bridgehead atoms. The number of ether oxygens (including phenoxy) is 1. The Hall–Kier alpha value is -1.06. The molecule has 0 saturated carbocycles. The maximum atomic E-state index is 12.5. The van der Waals surface area contributed by atoms with Crippen LogP contribution in [0.3, 0.4) is 0 Å². The van der Waals surface area contributed by atoms with Gasteiger partial charge in [-0.15, -0.1) is 0 Å². The zero-order valence-electron chi connectivity index (χ0n) is 13.7. The highest BCUT2D eigenvalue weighted by molar-refractivity contribution is 5.82. The van der Waals surface area contributed by atoms with E-state index in [0.717, 1.165) is 0 Å². The molecule has 0 spiro atoms. The normalized spacial score (nSPS) is 12.2. The lowest BCUT2D eigenvalue weighted by Gasteiger charge is -2.33. The van der Waals surface area contributed by atoms with Gasteiger partial charge in [-0.3, -0.25) is 9.59 Å². The molecular weight excluding hydrogens is 256 g/mol. The zero-order chi connectivity index (χ0) is 15.9. The molecule has 4 nitrogen and oxygen atoms in total. The lowest BCUT2D eigenvalue weighted by molar-refractivity contribution is -0.164. The first-order chi connectivity index (χ1) is 9.09. The van der Waals surface area contributed by atoms with Gasteiger partial charge in [0.1, 0.15) is 0 Å². The van der Waals surface area contributed by atoms with Gasteiger partial charge in [-0.05, 0) is 30.6 Å². The third kappa shape index (κ3) is 6.92. The van der Waals surface area contributed by atoms with Crippen LogP contribution in [0.15, 0.2) is 0 Å². The van der Waals surface area contributed by atoms with E-state index in [1.165, 1.54) is 0 Å². The molecular formula is C16H30O4. The highest BCUT2D eigenvalue weighted by atomic mass is 16.5. The summed E-state index contributed by atoms with van der Waals surface area (Å²) in [5.74, 6) is -0.539. The first kappa shape index (κ1) is 18.9. The molecule has 0 saturated heterocycles. The number of carbonyl (C=O) groups excluding carboxylic acids is 1. The van der Waals surface area contributed by atoms with Crippen molar-refractivity contribution in [1.82, 2.24) is 0 Å². The fourth-order valence-electron chi connectivity index (χ4n) is 2.71. The summed E-state index contributed by atoms with van der Waals surface area (Å²) in [5, 5.41) is 9.19. The second-order valence-corrected chi connectivity index (χ2v) is 7.04. The first-order valence-corrected chi connectivity index (χ1v) is 7.48. The summed E-state index contributed by atoms with van der Waals surface area (Å²) in [5.41, 5.74) is -0.900. The second kappa shape index (κ2) is 8.28. The Kier molecular flexibility index (Phi) is 7.84. The molecule has 4 heteroatoms. The fraction of sp³-hybridized carbons (Fsp3) is 0.875. The van der Waals surface area contributed by atoms with Crippen LogP contribution in [0.5, 0.6) is 0 Å². The second-order valence-electron chi connectivity index (χ2n) is 7.04. The summed E-state index contributed by atoms with van der Waals surface area (Å²) in [6.45, 7) is 12.3. The number of aliphatic carboxylic acids is 1. The molecule has 0 atom stereocenters. The van der Waals surface area contributed by atoms with E-state index >= 15 is 0 Å². The number of carboxylic acids is 1. The summed E-state index contributed by atoms with van der Waals surface area (Å²) in [6, 6.07) is 0. The fourth-order valence-corrected chi connectivity index (χ4v) is 2.71. The third-order valence-corrected chi connectivity index (χ3v) is 3.07. The van der Waals surface area contributed by atoms with Crippen molar-refractivity contribution in [2.75, 3.05) is 6.61 Å². The van der Waals surface area contributed by atoms with E-state index in [0.29, 0.717) is 19.4 Å². The van der Waals surface area contributed by atoms with Crippen LogP contribution in [0.4, 0.5) is 0 Å². The first-order valence-electron chi connectivity index (χ1n) is 7.48. The van der Waals surface area contributed by atoms with Gasteiger partial charge >= 0.3 is 11.9 Å². The van der Waals surface area contributed by atoms with Crippen molar-refractivity contribution in [1.29, 1.82) is 0 Å². The van der Waals surface area contributed by atoms with Crippen LogP contribution in [0.1, 0.15) is 60.8 Å². The van der Waals surface area contributed by atoms with Crippen LogP contribution >= 0.6 is 0 Å². The third-order valence-electron chi connectivity index (χ3n) is 3.07. The minimum Gasteiger partial charge on any atom is -0.481 e. The lowest BCUT2D eigenvalue weighted by Crippen LogP contribution is -2.38. The molecule has 0 amide bonds. The van der Waals surface area contributed by atoms with Gasteiger partial charge in [-0.2, -0.15) is 0 Å². The number of carbonyl (C=O) groups is 2. The number of carboxylic acid groups (broad SMARTS) is 1. The van der Waals surface area contributed by atoms with E-state index in [1.54, 1.807) is 0 Å². The van der Waals surface area contributed by atoms with E-state index in [4.69, 9.17) is 4.74 Å². The molecule has 118 valence electrons. The van der Waals surface area contributed by atoms with Gasteiger partial charge in [-0.1, -0.05) is 41.5 Å². The molecule has 0 aromatic rings. The Morgan fingerprint density at radius 2 is 1.40 bits per heavy atom. The van der Waals surface area contributed by atoms with Crippen LogP contribution in [0, 0.1) is 23.2 Å². The van der Waals surface area contributed by atoms with Crippen LogP contribution in [0.25, 0.3) is 0 Å². The molecule has 0 aromatic carbocycles. The summed E-state index contributed by atoms with van der Waals surface area (Å²) in [6.07, 6.45) is 0.948. The van der Waals surface area contributed by atoms with Gasteiger partial charge in [0.25, 0.3) is 0 Å². The van der Waals surface area contributed by atoms with Crippen molar-refractivity contribution in [2.24, 2.45) is 23.2 Å². The lowest BCUT2D eigenvalue weighted by atomic mass is 9.72. The van der Waals surface area contributed by atoms with E-state index in [2.05, 4.69) is 0 Å². The van der Waals surface area contributed by atoms with Crippen molar-refractivity contribution >= 4 is 11.9 Å². The molecule has 0 aliphatic carbocycles. The Balaban J connectivity index is 5.22. The predicted molar refractivity (Wildman–Crippen MR) is 79.4 cm³/mol. The van der Waals surface area contributed by atoms with Gasteiger partial charge in [0.15, 0.2) is 0 Å². The van der Waals surface area contributed by atoms with Crippen LogP contribution < -0.4 is 0 Å². The van der Waals surface area contributed by atoms with Crippen molar-refractivity contribution in [3.05, 3.63) is 0 Å². The summed E-state index contributed by atoms with van der Waals surface area (Å²) in [7, 11) is 0. The van der Waals surface area contributed by atoms with Gasteiger partial charge in [-0.25, -0.2) is 0 Å². The van der Waals surface area contributed by atoms with Gasteiger partial charge < -0.3 is 9.84 Å². The molecule has 0 aliphatic rings. The number of rotatable bonds is 9. The molecule has 0 aliphatic heterocycles. The number of esters is 1. The van der Waals surface area contributed by atoms with E-state index in [-0.39, 0.29) is 30.1 Å². The van der Waals surface area contributed by atoms with Gasteiger partial charge in [0.05, 0.1) is 18.4 Å². The molecule has 0 fully saturated rings. The van der Waals surface area contributed by atoms with E-state index < -0.39 is 11.4 Å². The minimum atomic E-state index is -0.937. The van der Waals surface area contributed by atoms with Crippen LogP contribution in [0.2, 0.25) is 0 Å². The molecule has 0 heterocycles. The average Bonchev–Trinajstić information content (AvgIpc) is 2.22. The minimum absolute atomic E-state index is 0.152.